The number of nitrogens with zero attached hydrogens (tertiary/aromatic N) is 1. The van der Waals surface area contributed by atoms with E-state index in [-0.39, 0.29) is 0 Å². The number of ether oxygens (including phenoxy) is 1. The molecule has 0 saturated heterocycles. The molecular formula is C10H24N2O. The summed E-state index contributed by atoms with van der Waals surface area (Å²) in [6, 6.07) is 0.542. The smallest absolute Gasteiger partial charge is 0.0591 e. The average molecular weight is 188 g/mol. The molecule has 80 valence electrons. The summed E-state index contributed by atoms with van der Waals surface area (Å²) in [7, 11) is 4.18. The van der Waals surface area contributed by atoms with E-state index in [1.807, 2.05) is 0 Å². The predicted octanol–water partition coefficient (Wildman–Crippen LogP) is 0.953. The van der Waals surface area contributed by atoms with Crippen LogP contribution in [0.5, 0.6) is 0 Å². The van der Waals surface area contributed by atoms with Crippen LogP contribution >= 0.6 is 0 Å². The molecule has 0 heterocycles. The van der Waals surface area contributed by atoms with Gasteiger partial charge in [-0.3, -0.25) is 0 Å². The molecule has 1 unspecified atom stereocenters. The van der Waals surface area contributed by atoms with E-state index in [1.165, 1.54) is 0 Å². The van der Waals surface area contributed by atoms with Gasteiger partial charge >= 0.3 is 0 Å². The van der Waals surface area contributed by atoms with Crippen molar-refractivity contribution in [3.8, 4) is 0 Å². The van der Waals surface area contributed by atoms with Crippen LogP contribution in [0.3, 0.4) is 0 Å². The lowest BCUT2D eigenvalue weighted by atomic mass is 10.3. The molecule has 0 rings (SSSR count). The molecule has 0 aliphatic heterocycles. The average Bonchev–Trinajstić information content (AvgIpc) is 2.02. The van der Waals surface area contributed by atoms with Gasteiger partial charge in [-0.2, -0.15) is 0 Å². The van der Waals surface area contributed by atoms with Crippen molar-refractivity contribution in [2.45, 2.75) is 26.3 Å². The molecule has 0 aliphatic rings. The fraction of sp³-hybridized carbons (Fsp3) is 1.00. The van der Waals surface area contributed by atoms with Crippen molar-refractivity contribution >= 4 is 0 Å². The predicted molar refractivity (Wildman–Crippen MR) is 57.1 cm³/mol. The third-order valence-electron chi connectivity index (χ3n) is 1.73. The molecule has 0 radical (unpaired) electrons. The topological polar surface area (TPSA) is 24.5 Å². The van der Waals surface area contributed by atoms with Crippen LogP contribution in [-0.4, -0.2) is 51.3 Å². The largest absolute Gasteiger partial charge is 0.380 e. The van der Waals surface area contributed by atoms with Gasteiger partial charge in [-0.15, -0.1) is 0 Å². The summed E-state index contributed by atoms with van der Waals surface area (Å²) in [6.07, 6.45) is 1.10. The lowest BCUT2D eigenvalue weighted by Crippen LogP contribution is -2.37. The molecule has 1 atom stereocenters. The van der Waals surface area contributed by atoms with Crippen LogP contribution in [0, 0.1) is 0 Å². The van der Waals surface area contributed by atoms with E-state index >= 15 is 0 Å². The number of nitrogens with one attached hydrogen (secondary N) is 1. The Morgan fingerprint density at radius 2 is 2.00 bits per heavy atom. The first-order chi connectivity index (χ1) is 6.16. The maximum atomic E-state index is 5.36. The van der Waals surface area contributed by atoms with Gasteiger partial charge in [-0.1, -0.05) is 6.92 Å². The maximum absolute atomic E-state index is 5.36. The molecule has 0 aromatic heterocycles. The molecule has 0 aliphatic carbocycles. The number of hydrogen-bond acceptors (Lipinski definition) is 3. The Bertz CT molecular complexity index is 107. The second kappa shape index (κ2) is 8.48. The minimum atomic E-state index is 0.542. The lowest BCUT2D eigenvalue weighted by molar-refractivity contribution is 0.133. The number of rotatable bonds is 8. The first-order valence-electron chi connectivity index (χ1n) is 5.12. The first-order valence-corrected chi connectivity index (χ1v) is 5.12. The third-order valence-corrected chi connectivity index (χ3v) is 1.73. The highest BCUT2D eigenvalue weighted by Gasteiger charge is 2.00. The van der Waals surface area contributed by atoms with Crippen molar-refractivity contribution in [1.29, 1.82) is 0 Å². The molecule has 0 aromatic carbocycles. The molecule has 0 bridgehead atoms. The van der Waals surface area contributed by atoms with Gasteiger partial charge in [0.15, 0.2) is 0 Å². The van der Waals surface area contributed by atoms with Crippen LogP contribution in [0.25, 0.3) is 0 Å². The minimum absolute atomic E-state index is 0.542. The summed E-state index contributed by atoms with van der Waals surface area (Å²) in [6.45, 7) is 8.06. The van der Waals surface area contributed by atoms with Crippen molar-refractivity contribution in [2.75, 3.05) is 40.4 Å². The third kappa shape index (κ3) is 9.80. The van der Waals surface area contributed by atoms with Crippen molar-refractivity contribution in [2.24, 2.45) is 0 Å². The quantitative estimate of drug-likeness (QED) is 0.574. The Labute approximate surface area is 82.4 Å². The van der Waals surface area contributed by atoms with E-state index in [4.69, 9.17) is 4.74 Å². The fourth-order valence-electron chi connectivity index (χ4n) is 1.24. The van der Waals surface area contributed by atoms with Gasteiger partial charge in [0.2, 0.25) is 0 Å². The maximum Gasteiger partial charge on any atom is 0.0591 e. The summed E-state index contributed by atoms with van der Waals surface area (Å²) >= 11 is 0. The Balaban J connectivity index is 3.12. The van der Waals surface area contributed by atoms with Crippen LogP contribution in [0.1, 0.15) is 20.3 Å². The standard InChI is InChI=1S/C10H24N2O/c1-5-7-13-8-6-11-10(2)9-12(3)4/h10-11H,5-9H2,1-4H3. The first kappa shape index (κ1) is 12.9. The van der Waals surface area contributed by atoms with E-state index in [9.17, 15) is 0 Å². The summed E-state index contributed by atoms with van der Waals surface area (Å²) in [5, 5.41) is 3.41. The second-order valence-corrected chi connectivity index (χ2v) is 3.73. The fourth-order valence-corrected chi connectivity index (χ4v) is 1.24. The van der Waals surface area contributed by atoms with Gasteiger partial charge < -0.3 is 15.0 Å². The van der Waals surface area contributed by atoms with E-state index in [2.05, 4.69) is 38.2 Å². The van der Waals surface area contributed by atoms with Gasteiger partial charge in [0.05, 0.1) is 6.61 Å². The Morgan fingerprint density at radius 3 is 2.54 bits per heavy atom. The Kier molecular flexibility index (Phi) is 8.40. The molecule has 0 aromatic rings. The molecule has 0 saturated carbocycles. The highest BCUT2D eigenvalue weighted by molar-refractivity contribution is 4.62. The molecule has 3 nitrogen and oxygen atoms in total. The van der Waals surface area contributed by atoms with Gasteiger partial charge in [0, 0.05) is 25.7 Å². The summed E-state index contributed by atoms with van der Waals surface area (Å²) in [5.74, 6) is 0. The van der Waals surface area contributed by atoms with Crippen molar-refractivity contribution in [3.05, 3.63) is 0 Å². The number of likely N-dealkylation sites (N-methyl/N-ethyl adjacent to an activating group) is 1. The molecule has 0 fully saturated rings. The van der Waals surface area contributed by atoms with Crippen molar-refractivity contribution < 1.29 is 4.74 Å². The van der Waals surface area contributed by atoms with Crippen molar-refractivity contribution in [1.82, 2.24) is 10.2 Å². The van der Waals surface area contributed by atoms with Crippen LogP contribution in [0.2, 0.25) is 0 Å². The second-order valence-electron chi connectivity index (χ2n) is 3.73. The Morgan fingerprint density at radius 1 is 1.31 bits per heavy atom. The summed E-state index contributed by atoms with van der Waals surface area (Å²) in [4.78, 5) is 2.19. The van der Waals surface area contributed by atoms with Gasteiger partial charge in [0.1, 0.15) is 0 Å². The van der Waals surface area contributed by atoms with E-state index < -0.39 is 0 Å². The molecule has 3 heteroatoms. The normalized spacial score (nSPS) is 13.6. The van der Waals surface area contributed by atoms with E-state index in [1.54, 1.807) is 0 Å². The van der Waals surface area contributed by atoms with Crippen LogP contribution < -0.4 is 5.32 Å². The van der Waals surface area contributed by atoms with Crippen molar-refractivity contribution in [3.63, 3.8) is 0 Å². The zero-order chi connectivity index (χ0) is 10.1. The van der Waals surface area contributed by atoms with Crippen LogP contribution in [-0.2, 0) is 4.74 Å². The number of hydrogen-bond donors (Lipinski definition) is 1. The van der Waals surface area contributed by atoms with Crippen LogP contribution in [0.15, 0.2) is 0 Å². The van der Waals surface area contributed by atoms with Gasteiger partial charge in [0.25, 0.3) is 0 Å². The summed E-state index contributed by atoms with van der Waals surface area (Å²) in [5.41, 5.74) is 0. The SMILES string of the molecule is CCCOCCNC(C)CN(C)C. The minimum Gasteiger partial charge on any atom is -0.380 e. The van der Waals surface area contributed by atoms with E-state index in [0.29, 0.717) is 6.04 Å². The van der Waals surface area contributed by atoms with Crippen LogP contribution in [0.4, 0.5) is 0 Å². The lowest BCUT2D eigenvalue weighted by Gasteiger charge is -2.18. The van der Waals surface area contributed by atoms with E-state index in [0.717, 1.165) is 32.7 Å². The molecular weight excluding hydrogens is 164 g/mol. The summed E-state index contributed by atoms with van der Waals surface area (Å²) < 4.78 is 5.36. The molecule has 1 N–H and O–H groups in total. The molecule has 0 spiro atoms. The molecule has 13 heavy (non-hydrogen) atoms. The zero-order valence-electron chi connectivity index (χ0n) is 9.47. The molecule has 0 amide bonds. The highest BCUT2D eigenvalue weighted by atomic mass is 16.5. The van der Waals surface area contributed by atoms with Gasteiger partial charge in [-0.25, -0.2) is 0 Å². The monoisotopic (exact) mass is 188 g/mol. The van der Waals surface area contributed by atoms with Gasteiger partial charge in [-0.05, 0) is 27.4 Å². The highest BCUT2D eigenvalue weighted by Crippen LogP contribution is 1.85. The Hall–Kier alpha value is -0.120. The zero-order valence-corrected chi connectivity index (χ0v) is 9.47.